The Bertz CT molecular complexity index is 599. The molecule has 0 radical (unpaired) electrons. The van der Waals surface area contributed by atoms with Gasteiger partial charge in [-0.05, 0) is 18.2 Å². The number of anilines is 1. The number of hydrazone groups is 1. The highest BCUT2D eigenvalue weighted by Crippen LogP contribution is 2.04. The van der Waals surface area contributed by atoms with Gasteiger partial charge in [-0.1, -0.05) is 36.4 Å². The molecule has 2 rings (SSSR count). The van der Waals surface area contributed by atoms with Crippen LogP contribution in [0.15, 0.2) is 59.7 Å². The van der Waals surface area contributed by atoms with Crippen LogP contribution in [0, 0.1) is 5.82 Å². The van der Waals surface area contributed by atoms with Crippen molar-refractivity contribution in [3.63, 3.8) is 0 Å². The van der Waals surface area contributed by atoms with E-state index in [1.54, 1.807) is 18.2 Å². The summed E-state index contributed by atoms with van der Waals surface area (Å²) in [6.45, 7) is 0.0959. The number of hydrogen-bond donors (Lipinski definition) is 2. The molecule has 0 saturated heterocycles. The predicted octanol–water partition coefficient (Wildman–Crippen LogP) is 2.39. The number of rotatable bonds is 5. The molecular weight excluding hydrogens is 257 g/mol. The number of carbonyl (C=O) groups excluding carboxylic acids is 1. The molecule has 2 aromatic carbocycles. The summed E-state index contributed by atoms with van der Waals surface area (Å²) in [7, 11) is 0. The molecule has 0 atom stereocenters. The van der Waals surface area contributed by atoms with Gasteiger partial charge in [-0.2, -0.15) is 5.10 Å². The van der Waals surface area contributed by atoms with E-state index in [4.69, 9.17) is 0 Å². The van der Waals surface area contributed by atoms with Crippen molar-refractivity contribution in [3.05, 3.63) is 66.0 Å². The second-order valence-electron chi connectivity index (χ2n) is 4.03. The molecule has 0 aromatic heterocycles. The van der Waals surface area contributed by atoms with E-state index in [1.165, 1.54) is 12.3 Å². The molecule has 0 saturated carbocycles. The third kappa shape index (κ3) is 4.20. The van der Waals surface area contributed by atoms with Crippen molar-refractivity contribution in [3.8, 4) is 0 Å². The fourth-order valence-corrected chi connectivity index (χ4v) is 1.53. The van der Waals surface area contributed by atoms with Crippen LogP contribution >= 0.6 is 0 Å². The first-order valence-corrected chi connectivity index (χ1v) is 6.11. The number of amides is 1. The minimum Gasteiger partial charge on any atom is -0.376 e. The topological polar surface area (TPSA) is 53.5 Å². The van der Waals surface area contributed by atoms with Crippen molar-refractivity contribution < 1.29 is 9.18 Å². The van der Waals surface area contributed by atoms with Crippen molar-refractivity contribution in [1.82, 2.24) is 5.43 Å². The standard InChI is InChI=1S/C15H14FN3O/c16-14-9-5-4-6-12(14)10-18-19-15(20)11-17-13-7-2-1-3-8-13/h1-10,17H,11H2,(H,19,20). The molecule has 0 spiro atoms. The van der Waals surface area contributed by atoms with Gasteiger partial charge in [-0.3, -0.25) is 4.79 Å². The third-order valence-electron chi connectivity index (χ3n) is 2.52. The minimum atomic E-state index is -0.382. The van der Waals surface area contributed by atoms with E-state index in [0.717, 1.165) is 5.69 Å². The normalized spacial score (nSPS) is 10.4. The fraction of sp³-hybridized carbons (Fsp3) is 0.0667. The molecule has 1 amide bonds. The molecule has 0 unspecified atom stereocenters. The molecule has 0 fully saturated rings. The second-order valence-corrected chi connectivity index (χ2v) is 4.03. The van der Waals surface area contributed by atoms with Crippen LogP contribution in [-0.2, 0) is 4.79 Å². The molecule has 0 aliphatic rings. The summed E-state index contributed by atoms with van der Waals surface area (Å²) in [5, 5.41) is 6.65. The van der Waals surface area contributed by atoms with Crippen LogP contribution in [0.5, 0.6) is 0 Å². The quantitative estimate of drug-likeness (QED) is 0.648. The van der Waals surface area contributed by atoms with Crippen molar-refractivity contribution in [2.75, 3.05) is 11.9 Å². The number of nitrogens with zero attached hydrogens (tertiary/aromatic N) is 1. The summed E-state index contributed by atoms with van der Waals surface area (Å²) >= 11 is 0. The Morgan fingerprint density at radius 3 is 2.55 bits per heavy atom. The van der Waals surface area contributed by atoms with Crippen molar-refractivity contribution in [1.29, 1.82) is 0 Å². The van der Waals surface area contributed by atoms with Gasteiger partial charge in [0.25, 0.3) is 5.91 Å². The lowest BCUT2D eigenvalue weighted by atomic mass is 10.2. The monoisotopic (exact) mass is 271 g/mol. The summed E-state index contributed by atoms with van der Waals surface area (Å²) in [6.07, 6.45) is 1.27. The van der Waals surface area contributed by atoms with Gasteiger partial charge in [0.15, 0.2) is 0 Å². The average molecular weight is 271 g/mol. The summed E-state index contributed by atoms with van der Waals surface area (Å²) in [5.74, 6) is -0.686. The molecule has 0 heterocycles. The van der Waals surface area contributed by atoms with Crippen LogP contribution < -0.4 is 10.7 Å². The fourth-order valence-electron chi connectivity index (χ4n) is 1.53. The second kappa shape index (κ2) is 7.04. The van der Waals surface area contributed by atoms with E-state index in [1.807, 2.05) is 30.3 Å². The molecule has 20 heavy (non-hydrogen) atoms. The van der Waals surface area contributed by atoms with E-state index in [-0.39, 0.29) is 18.3 Å². The van der Waals surface area contributed by atoms with Gasteiger partial charge >= 0.3 is 0 Å². The predicted molar refractivity (Wildman–Crippen MR) is 77.1 cm³/mol. The lowest BCUT2D eigenvalue weighted by Crippen LogP contribution is -2.25. The number of halogens is 1. The lowest BCUT2D eigenvalue weighted by molar-refractivity contribution is -0.119. The Morgan fingerprint density at radius 1 is 1.10 bits per heavy atom. The zero-order chi connectivity index (χ0) is 14.2. The Hall–Kier alpha value is -2.69. The number of carbonyl (C=O) groups is 1. The van der Waals surface area contributed by atoms with Crippen LogP contribution in [0.4, 0.5) is 10.1 Å². The minimum absolute atomic E-state index is 0.0959. The number of para-hydroxylation sites is 1. The SMILES string of the molecule is O=C(CNc1ccccc1)NN=Cc1ccccc1F. The number of nitrogens with one attached hydrogen (secondary N) is 2. The van der Waals surface area contributed by atoms with Crippen LogP contribution in [0.1, 0.15) is 5.56 Å². The highest BCUT2D eigenvalue weighted by Gasteiger charge is 1.99. The largest absolute Gasteiger partial charge is 0.376 e. The Kier molecular flexibility index (Phi) is 4.83. The Balaban J connectivity index is 1.79. The highest BCUT2D eigenvalue weighted by molar-refractivity contribution is 5.84. The van der Waals surface area contributed by atoms with Crippen molar-refractivity contribution >= 4 is 17.8 Å². The van der Waals surface area contributed by atoms with Crippen LogP contribution in [0.3, 0.4) is 0 Å². The zero-order valence-electron chi connectivity index (χ0n) is 10.7. The Morgan fingerprint density at radius 2 is 1.80 bits per heavy atom. The molecule has 0 aliphatic carbocycles. The molecular formula is C15H14FN3O. The van der Waals surface area contributed by atoms with Gasteiger partial charge in [0.05, 0.1) is 12.8 Å². The van der Waals surface area contributed by atoms with E-state index >= 15 is 0 Å². The number of hydrogen-bond acceptors (Lipinski definition) is 3. The maximum atomic E-state index is 13.3. The number of benzene rings is 2. The smallest absolute Gasteiger partial charge is 0.259 e. The van der Waals surface area contributed by atoms with E-state index in [2.05, 4.69) is 15.8 Å². The third-order valence-corrected chi connectivity index (χ3v) is 2.52. The van der Waals surface area contributed by atoms with E-state index in [0.29, 0.717) is 5.56 Å². The molecule has 0 bridgehead atoms. The van der Waals surface area contributed by atoms with Gasteiger partial charge < -0.3 is 5.32 Å². The van der Waals surface area contributed by atoms with Crippen LogP contribution in [0.2, 0.25) is 0 Å². The van der Waals surface area contributed by atoms with Gasteiger partial charge in [0.2, 0.25) is 0 Å². The first-order chi connectivity index (χ1) is 9.75. The highest BCUT2D eigenvalue weighted by atomic mass is 19.1. The molecule has 0 aliphatic heterocycles. The van der Waals surface area contributed by atoms with Crippen LogP contribution in [0.25, 0.3) is 0 Å². The van der Waals surface area contributed by atoms with Crippen molar-refractivity contribution in [2.45, 2.75) is 0 Å². The van der Waals surface area contributed by atoms with Crippen molar-refractivity contribution in [2.24, 2.45) is 5.10 Å². The molecule has 102 valence electrons. The van der Waals surface area contributed by atoms with Gasteiger partial charge in [-0.15, -0.1) is 0 Å². The molecule has 5 heteroatoms. The molecule has 2 N–H and O–H groups in total. The van der Waals surface area contributed by atoms with Crippen LogP contribution in [-0.4, -0.2) is 18.7 Å². The summed E-state index contributed by atoms with van der Waals surface area (Å²) in [4.78, 5) is 11.5. The lowest BCUT2D eigenvalue weighted by Gasteiger charge is -2.04. The first kappa shape index (κ1) is 13.7. The molecule has 2 aromatic rings. The van der Waals surface area contributed by atoms with Gasteiger partial charge in [0.1, 0.15) is 5.82 Å². The summed E-state index contributed by atoms with van der Waals surface area (Å²) in [5.41, 5.74) is 3.50. The maximum absolute atomic E-state index is 13.3. The van der Waals surface area contributed by atoms with E-state index < -0.39 is 0 Å². The Labute approximate surface area is 116 Å². The van der Waals surface area contributed by atoms with Gasteiger partial charge in [-0.25, -0.2) is 9.82 Å². The zero-order valence-corrected chi connectivity index (χ0v) is 10.7. The molecule has 4 nitrogen and oxygen atoms in total. The average Bonchev–Trinajstić information content (AvgIpc) is 2.48. The first-order valence-electron chi connectivity index (χ1n) is 6.11. The maximum Gasteiger partial charge on any atom is 0.259 e. The summed E-state index contributed by atoms with van der Waals surface area (Å²) in [6, 6.07) is 15.6. The van der Waals surface area contributed by atoms with E-state index in [9.17, 15) is 9.18 Å². The summed E-state index contributed by atoms with van der Waals surface area (Å²) < 4.78 is 13.3. The van der Waals surface area contributed by atoms with Gasteiger partial charge in [0, 0.05) is 11.3 Å².